The van der Waals surface area contributed by atoms with Gasteiger partial charge in [0.05, 0.1) is 22.7 Å². The number of nitriles is 1. The van der Waals surface area contributed by atoms with Crippen LogP contribution in [0, 0.1) is 11.3 Å². The van der Waals surface area contributed by atoms with E-state index in [1.54, 1.807) is 24.3 Å². The van der Waals surface area contributed by atoms with E-state index in [9.17, 15) is 28.0 Å². The summed E-state index contributed by atoms with van der Waals surface area (Å²) in [5, 5.41) is 16.8. The number of thioether (sulfide) groups is 1. The van der Waals surface area contributed by atoms with Crippen LogP contribution in [0.5, 0.6) is 5.75 Å². The molecule has 0 aliphatic carbocycles. The molecule has 0 radical (unpaired) electrons. The highest BCUT2D eigenvalue weighted by atomic mass is 32.2. The third-order valence-electron chi connectivity index (χ3n) is 6.32. The number of ether oxygens (including phenoxy) is 1. The smallest absolute Gasteiger partial charge is 0.406 e. The van der Waals surface area contributed by atoms with E-state index in [0.29, 0.717) is 34.7 Å². The second-order valence-electron chi connectivity index (χ2n) is 9.15. The molecule has 3 amide bonds. The standard InChI is InChI=1S/C30H22F3N7O3S/c1-2-19-5-3-4-6-25(19)40-26(41)17-44-29(40)37-28(42)35-16-22(15-34)20-7-9-21(10-8-20)27-36-18-39(38-27)23-11-13-24(14-12-23)43-30(31,32)33/h3-14,16,18H,2,17H2,1H3,(H,35,42)/b22-16+,37-29-. The Morgan fingerprint density at radius 3 is 2.55 bits per heavy atom. The lowest BCUT2D eigenvalue weighted by atomic mass is 10.1. The summed E-state index contributed by atoms with van der Waals surface area (Å²) in [6.45, 7) is 1.97. The van der Waals surface area contributed by atoms with Crippen LogP contribution < -0.4 is 15.0 Å². The Hall–Kier alpha value is -5.42. The van der Waals surface area contributed by atoms with Crippen LogP contribution in [0.4, 0.5) is 23.7 Å². The molecule has 1 aromatic heterocycles. The van der Waals surface area contributed by atoms with Crippen LogP contribution in [0.25, 0.3) is 22.6 Å². The van der Waals surface area contributed by atoms with Gasteiger partial charge in [0.2, 0.25) is 5.91 Å². The van der Waals surface area contributed by atoms with Crippen LogP contribution in [0.1, 0.15) is 18.1 Å². The molecule has 1 aliphatic rings. The van der Waals surface area contributed by atoms with E-state index in [2.05, 4.69) is 25.1 Å². The van der Waals surface area contributed by atoms with Crippen molar-refractivity contribution in [3.8, 4) is 28.9 Å². The van der Waals surface area contributed by atoms with Gasteiger partial charge in [-0.15, -0.1) is 18.3 Å². The molecule has 44 heavy (non-hydrogen) atoms. The highest BCUT2D eigenvalue weighted by molar-refractivity contribution is 8.15. The van der Waals surface area contributed by atoms with Crippen molar-refractivity contribution in [2.75, 3.05) is 10.7 Å². The molecule has 0 saturated carbocycles. The van der Waals surface area contributed by atoms with Gasteiger partial charge < -0.3 is 10.1 Å². The molecule has 222 valence electrons. The minimum Gasteiger partial charge on any atom is -0.406 e. The molecule has 1 aliphatic heterocycles. The number of hydrogen-bond donors (Lipinski definition) is 1. The Kier molecular flexibility index (Phi) is 8.77. The first-order chi connectivity index (χ1) is 21.1. The average molecular weight is 618 g/mol. The molecule has 1 N–H and O–H groups in total. The minimum atomic E-state index is -4.78. The Bertz CT molecular complexity index is 1790. The first-order valence-electron chi connectivity index (χ1n) is 13.1. The number of nitrogens with zero attached hydrogens (tertiary/aromatic N) is 6. The summed E-state index contributed by atoms with van der Waals surface area (Å²) >= 11 is 1.16. The van der Waals surface area contributed by atoms with Crippen LogP contribution in [-0.4, -0.2) is 44.0 Å². The Morgan fingerprint density at radius 2 is 1.86 bits per heavy atom. The van der Waals surface area contributed by atoms with E-state index in [1.807, 2.05) is 37.3 Å². The number of aliphatic imine (C=N–C) groups is 1. The summed E-state index contributed by atoms with van der Waals surface area (Å²) in [5.74, 6) is -0.0268. The van der Waals surface area contributed by atoms with Crippen molar-refractivity contribution in [2.45, 2.75) is 19.7 Å². The number of aromatic nitrogens is 3. The number of hydrogen-bond acceptors (Lipinski definition) is 7. The fourth-order valence-electron chi connectivity index (χ4n) is 4.26. The van der Waals surface area contributed by atoms with E-state index in [-0.39, 0.29) is 28.2 Å². The van der Waals surface area contributed by atoms with Gasteiger partial charge in [-0.1, -0.05) is 61.2 Å². The lowest BCUT2D eigenvalue weighted by molar-refractivity contribution is -0.274. The zero-order valence-corrected chi connectivity index (χ0v) is 23.8. The Balaban J connectivity index is 1.26. The monoisotopic (exact) mass is 617 g/mol. The maximum Gasteiger partial charge on any atom is 0.573 e. The normalized spacial score (nSPS) is 14.5. The first-order valence-corrected chi connectivity index (χ1v) is 14.1. The summed E-state index contributed by atoms with van der Waals surface area (Å²) in [6, 6.07) is 20.6. The summed E-state index contributed by atoms with van der Waals surface area (Å²) in [6.07, 6.45) is -1.42. The number of aryl methyl sites for hydroxylation is 1. The molecule has 10 nitrogen and oxygen atoms in total. The maximum absolute atomic E-state index is 12.6. The zero-order valence-electron chi connectivity index (χ0n) is 22.9. The third-order valence-corrected chi connectivity index (χ3v) is 7.24. The zero-order chi connectivity index (χ0) is 31.3. The molecule has 0 spiro atoms. The summed E-state index contributed by atoms with van der Waals surface area (Å²) in [4.78, 5) is 35.0. The fraction of sp³-hybridized carbons (Fsp3) is 0.133. The Morgan fingerprint density at radius 1 is 1.14 bits per heavy atom. The lowest BCUT2D eigenvalue weighted by Gasteiger charge is -2.19. The van der Waals surface area contributed by atoms with Crippen LogP contribution in [0.2, 0.25) is 0 Å². The molecule has 2 heterocycles. The minimum absolute atomic E-state index is 0.159. The van der Waals surface area contributed by atoms with Crippen molar-refractivity contribution in [1.82, 2.24) is 20.1 Å². The van der Waals surface area contributed by atoms with E-state index in [4.69, 9.17) is 0 Å². The second-order valence-corrected chi connectivity index (χ2v) is 10.1. The summed E-state index contributed by atoms with van der Waals surface area (Å²) < 4.78 is 42.5. The van der Waals surface area contributed by atoms with Gasteiger partial charge in [0.1, 0.15) is 18.1 Å². The second kappa shape index (κ2) is 12.8. The predicted octanol–water partition coefficient (Wildman–Crippen LogP) is 6.11. The number of urea groups is 1. The van der Waals surface area contributed by atoms with Crippen molar-refractivity contribution in [3.05, 3.63) is 96.5 Å². The number of anilines is 1. The van der Waals surface area contributed by atoms with Gasteiger partial charge in [-0.25, -0.2) is 14.5 Å². The molecule has 0 bridgehead atoms. The van der Waals surface area contributed by atoms with Crippen molar-refractivity contribution in [3.63, 3.8) is 0 Å². The van der Waals surface area contributed by atoms with Crippen molar-refractivity contribution >= 4 is 40.1 Å². The number of halogens is 3. The van der Waals surface area contributed by atoms with Crippen molar-refractivity contribution in [2.24, 2.45) is 4.99 Å². The highest BCUT2D eigenvalue weighted by Gasteiger charge is 2.32. The van der Waals surface area contributed by atoms with Crippen LogP contribution in [0.3, 0.4) is 0 Å². The van der Waals surface area contributed by atoms with Gasteiger partial charge in [0.25, 0.3) is 0 Å². The van der Waals surface area contributed by atoms with E-state index in [0.717, 1.165) is 17.3 Å². The number of rotatable bonds is 7. The number of amidine groups is 1. The summed E-state index contributed by atoms with van der Waals surface area (Å²) in [5.41, 5.74) is 3.38. The van der Waals surface area contributed by atoms with Crippen molar-refractivity contribution in [1.29, 1.82) is 5.26 Å². The number of alkyl halides is 3. The number of carbonyl (C=O) groups excluding carboxylic acids is 2. The number of allylic oxidation sites excluding steroid dienone is 1. The topological polar surface area (TPSA) is 126 Å². The molecule has 1 fully saturated rings. The maximum atomic E-state index is 12.6. The number of para-hydroxylation sites is 1. The Labute approximate surface area is 253 Å². The third kappa shape index (κ3) is 6.96. The van der Waals surface area contributed by atoms with E-state index < -0.39 is 12.4 Å². The number of nitrogens with one attached hydrogen (secondary N) is 1. The van der Waals surface area contributed by atoms with Crippen LogP contribution >= 0.6 is 11.8 Å². The molecule has 0 unspecified atom stereocenters. The molecule has 5 rings (SSSR count). The predicted molar refractivity (Wildman–Crippen MR) is 159 cm³/mol. The molecule has 14 heteroatoms. The van der Waals surface area contributed by atoms with Gasteiger partial charge in [-0.05, 0) is 47.9 Å². The van der Waals surface area contributed by atoms with Gasteiger partial charge in [-0.2, -0.15) is 10.3 Å². The number of amides is 3. The highest BCUT2D eigenvalue weighted by Crippen LogP contribution is 2.30. The first kappa shape index (κ1) is 30.1. The van der Waals surface area contributed by atoms with Crippen LogP contribution in [-0.2, 0) is 11.2 Å². The number of carbonyl (C=O) groups is 2. The van der Waals surface area contributed by atoms with Gasteiger partial charge in [0.15, 0.2) is 11.0 Å². The SMILES string of the molecule is CCc1ccccc1N1C(=O)CS/C1=N\C(=O)N/C=C(\C#N)c1ccc(-c2ncn(-c3ccc(OC(F)(F)F)cc3)n2)cc1. The van der Waals surface area contributed by atoms with E-state index >= 15 is 0 Å². The van der Waals surface area contributed by atoms with E-state index in [1.165, 1.54) is 46.4 Å². The summed E-state index contributed by atoms with van der Waals surface area (Å²) in [7, 11) is 0. The fourth-order valence-corrected chi connectivity index (χ4v) is 5.12. The molecule has 3 aromatic carbocycles. The molecular weight excluding hydrogens is 595 g/mol. The van der Waals surface area contributed by atoms with Gasteiger partial charge in [0, 0.05) is 11.8 Å². The largest absolute Gasteiger partial charge is 0.573 e. The molecular formula is C30H22F3N7O3S. The van der Waals surface area contributed by atoms with Gasteiger partial charge in [-0.3, -0.25) is 9.69 Å². The lowest BCUT2D eigenvalue weighted by Crippen LogP contribution is -2.31. The molecule has 1 saturated heterocycles. The molecule has 0 atom stereocenters. The van der Waals surface area contributed by atoms with Crippen molar-refractivity contribution < 1.29 is 27.5 Å². The van der Waals surface area contributed by atoms with Gasteiger partial charge >= 0.3 is 12.4 Å². The van der Waals surface area contributed by atoms with Crippen LogP contribution in [0.15, 0.2) is 90.3 Å². The quantitative estimate of drug-likeness (QED) is 0.248. The average Bonchev–Trinajstić information content (AvgIpc) is 3.64. The molecule has 4 aromatic rings. The number of benzene rings is 3.